The highest BCUT2D eigenvalue weighted by Crippen LogP contribution is 2.28. The second-order valence-corrected chi connectivity index (χ2v) is 6.71. The maximum absolute atomic E-state index is 10.8. The van der Waals surface area contributed by atoms with Crippen LogP contribution in [0.3, 0.4) is 0 Å². The van der Waals surface area contributed by atoms with E-state index in [0.717, 1.165) is 56.9 Å². The van der Waals surface area contributed by atoms with Crippen molar-refractivity contribution in [1.29, 1.82) is 0 Å². The average Bonchev–Trinajstić information content (AvgIpc) is 2.47. The lowest BCUT2D eigenvalue weighted by molar-refractivity contribution is 0.0132. The summed E-state index contributed by atoms with van der Waals surface area (Å²) in [6.07, 6.45) is 6.90. The first-order valence-electron chi connectivity index (χ1n) is 8.95. The second kappa shape index (κ2) is 9.32. The van der Waals surface area contributed by atoms with Gasteiger partial charge in [0.2, 0.25) is 0 Å². The van der Waals surface area contributed by atoms with Crippen LogP contribution in [-0.4, -0.2) is 15.8 Å². The molecule has 1 atom stereocenters. The topological polar surface area (TPSA) is 40.5 Å². The van der Waals surface area contributed by atoms with Crippen LogP contribution in [0.15, 0.2) is 18.2 Å². The van der Waals surface area contributed by atoms with Gasteiger partial charge in [-0.1, -0.05) is 58.2 Å². The first-order chi connectivity index (χ1) is 10.5. The van der Waals surface area contributed by atoms with Crippen LogP contribution in [0.1, 0.15) is 88.5 Å². The van der Waals surface area contributed by atoms with E-state index in [1.54, 1.807) is 0 Å². The standard InChI is InChI=1S/C20H34O2/c1-5-8-19(21)18-10-9-16(4)17(15-18)11-14-20(22,12-6-2)13-7-3/h9-10,15,19,21-22H,5-8,11-14H2,1-4H3. The van der Waals surface area contributed by atoms with Crippen molar-refractivity contribution in [2.45, 2.75) is 90.8 Å². The van der Waals surface area contributed by atoms with Crippen LogP contribution >= 0.6 is 0 Å². The fourth-order valence-electron chi connectivity index (χ4n) is 3.28. The third-order valence-electron chi connectivity index (χ3n) is 4.61. The molecule has 2 nitrogen and oxygen atoms in total. The Morgan fingerprint density at radius 3 is 2.18 bits per heavy atom. The SMILES string of the molecule is CCCC(O)c1ccc(C)c(CCC(O)(CCC)CCC)c1. The molecule has 0 saturated carbocycles. The molecular weight excluding hydrogens is 272 g/mol. The summed E-state index contributed by atoms with van der Waals surface area (Å²) in [5.74, 6) is 0. The van der Waals surface area contributed by atoms with Crippen molar-refractivity contribution in [3.63, 3.8) is 0 Å². The summed E-state index contributed by atoms with van der Waals surface area (Å²) in [4.78, 5) is 0. The summed E-state index contributed by atoms with van der Waals surface area (Å²) in [5.41, 5.74) is 2.99. The minimum Gasteiger partial charge on any atom is -0.390 e. The number of rotatable bonds is 10. The highest BCUT2D eigenvalue weighted by atomic mass is 16.3. The van der Waals surface area contributed by atoms with Crippen LogP contribution in [0.25, 0.3) is 0 Å². The minimum atomic E-state index is -0.534. The van der Waals surface area contributed by atoms with Gasteiger partial charge in [-0.05, 0) is 55.7 Å². The highest BCUT2D eigenvalue weighted by Gasteiger charge is 2.24. The van der Waals surface area contributed by atoms with Crippen LogP contribution in [0.5, 0.6) is 0 Å². The molecule has 0 saturated heterocycles. The van der Waals surface area contributed by atoms with Gasteiger partial charge in [0.15, 0.2) is 0 Å². The number of hydrogen-bond acceptors (Lipinski definition) is 2. The van der Waals surface area contributed by atoms with Gasteiger partial charge in [-0.3, -0.25) is 0 Å². The lowest BCUT2D eigenvalue weighted by Crippen LogP contribution is -2.29. The number of aryl methyl sites for hydroxylation is 2. The van der Waals surface area contributed by atoms with Crippen LogP contribution in [0, 0.1) is 6.92 Å². The van der Waals surface area contributed by atoms with E-state index in [9.17, 15) is 10.2 Å². The van der Waals surface area contributed by atoms with Gasteiger partial charge < -0.3 is 10.2 Å². The molecule has 1 unspecified atom stereocenters. The largest absolute Gasteiger partial charge is 0.390 e. The Hall–Kier alpha value is -0.860. The van der Waals surface area contributed by atoms with E-state index in [4.69, 9.17) is 0 Å². The summed E-state index contributed by atoms with van der Waals surface area (Å²) < 4.78 is 0. The van der Waals surface area contributed by atoms with Gasteiger partial charge in [0.1, 0.15) is 0 Å². The zero-order valence-corrected chi connectivity index (χ0v) is 14.9. The van der Waals surface area contributed by atoms with E-state index in [2.05, 4.69) is 39.8 Å². The van der Waals surface area contributed by atoms with Crippen molar-refractivity contribution in [1.82, 2.24) is 0 Å². The first-order valence-corrected chi connectivity index (χ1v) is 8.95. The maximum atomic E-state index is 10.8. The number of benzene rings is 1. The van der Waals surface area contributed by atoms with Crippen LogP contribution in [-0.2, 0) is 6.42 Å². The summed E-state index contributed by atoms with van der Waals surface area (Å²) in [5, 5.41) is 21.0. The van der Waals surface area contributed by atoms with Gasteiger partial charge >= 0.3 is 0 Å². The Labute approximate surface area is 136 Å². The monoisotopic (exact) mass is 306 g/mol. The second-order valence-electron chi connectivity index (χ2n) is 6.71. The molecule has 2 heteroatoms. The molecule has 0 spiro atoms. The fourth-order valence-corrected chi connectivity index (χ4v) is 3.28. The molecule has 2 N–H and O–H groups in total. The summed E-state index contributed by atoms with van der Waals surface area (Å²) in [6.45, 7) is 8.47. The molecule has 1 rings (SSSR count). The number of aliphatic hydroxyl groups is 2. The molecule has 0 aliphatic heterocycles. The molecule has 0 radical (unpaired) electrons. The third-order valence-corrected chi connectivity index (χ3v) is 4.61. The van der Waals surface area contributed by atoms with Crippen molar-refractivity contribution in [2.75, 3.05) is 0 Å². The van der Waals surface area contributed by atoms with E-state index >= 15 is 0 Å². The zero-order valence-electron chi connectivity index (χ0n) is 14.9. The highest BCUT2D eigenvalue weighted by molar-refractivity contribution is 5.32. The molecular formula is C20H34O2. The fraction of sp³-hybridized carbons (Fsp3) is 0.700. The molecule has 1 aromatic rings. The molecule has 126 valence electrons. The van der Waals surface area contributed by atoms with Gasteiger partial charge in [0, 0.05) is 0 Å². The van der Waals surface area contributed by atoms with Crippen LogP contribution in [0.4, 0.5) is 0 Å². The molecule has 22 heavy (non-hydrogen) atoms. The first kappa shape index (κ1) is 19.2. The molecule has 0 aliphatic rings. The summed E-state index contributed by atoms with van der Waals surface area (Å²) in [7, 11) is 0. The van der Waals surface area contributed by atoms with E-state index in [1.165, 1.54) is 11.1 Å². The van der Waals surface area contributed by atoms with Crippen molar-refractivity contribution in [3.05, 3.63) is 34.9 Å². The molecule has 0 bridgehead atoms. The molecule has 1 aromatic carbocycles. The number of aliphatic hydroxyl groups excluding tert-OH is 1. The van der Waals surface area contributed by atoms with Gasteiger partial charge in [0.05, 0.1) is 11.7 Å². The Bertz CT molecular complexity index is 433. The lowest BCUT2D eigenvalue weighted by Gasteiger charge is -2.28. The Kier molecular flexibility index (Phi) is 8.13. The predicted molar refractivity (Wildman–Crippen MR) is 94.1 cm³/mol. The van der Waals surface area contributed by atoms with Gasteiger partial charge in [-0.2, -0.15) is 0 Å². The molecule has 0 fully saturated rings. The summed E-state index contributed by atoms with van der Waals surface area (Å²) in [6, 6.07) is 6.26. The van der Waals surface area contributed by atoms with Crippen LogP contribution < -0.4 is 0 Å². The maximum Gasteiger partial charge on any atom is 0.0790 e. The minimum absolute atomic E-state index is 0.366. The smallest absolute Gasteiger partial charge is 0.0790 e. The molecule has 0 amide bonds. The summed E-state index contributed by atoms with van der Waals surface area (Å²) >= 11 is 0. The Balaban J connectivity index is 2.81. The third kappa shape index (κ3) is 5.73. The Morgan fingerprint density at radius 1 is 1.00 bits per heavy atom. The van der Waals surface area contributed by atoms with E-state index < -0.39 is 5.60 Å². The van der Waals surface area contributed by atoms with E-state index in [0.29, 0.717) is 0 Å². The molecule has 0 aliphatic carbocycles. The zero-order chi connectivity index (χ0) is 16.6. The normalized spacial score (nSPS) is 13.4. The average molecular weight is 306 g/mol. The Morgan fingerprint density at radius 2 is 1.64 bits per heavy atom. The van der Waals surface area contributed by atoms with E-state index in [1.807, 2.05) is 6.07 Å². The van der Waals surface area contributed by atoms with Crippen molar-refractivity contribution < 1.29 is 10.2 Å². The van der Waals surface area contributed by atoms with Crippen LogP contribution in [0.2, 0.25) is 0 Å². The molecule has 0 heterocycles. The molecule has 0 aromatic heterocycles. The predicted octanol–water partition coefficient (Wildman–Crippen LogP) is 5.09. The van der Waals surface area contributed by atoms with Gasteiger partial charge in [0.25, 0.3) is 0 Å². The van der Waals surface area contributed by atoms with E-state index in [-0.39, 0.29) is 6.10 Å². The van der Waals surface area contributed by atoms with Crippen molar-refractivity contribution >= 4 is 0 Å². The van der Waals surface area contributed by atoms with Gasteiger partial charge in [-0.25, -0.2) is 0 Å². The quantitative estimate of drug-likeness (QED) is 0.632. The van der Waals surface area contributed by atoms with Gasteiger partial charge in [-0.15, -0.1) is 0 Å². The number of hydrogen-bond donors (Lipinski definition) is 2. The lowest BCUT2D eigenvalue weighted by atomic mass is 9.85. The van der Waals surface area contributed by atoms with Crippen molar-refractivity contribution in [3.8, 4) is 0 Å². The van der Waals surface area contributed by atoms with Crippen molar-refractivity contribution in [2.24, 2.45) is 0 Å².